The van der Waals surface area contributed by atoms with E-state index < -0.39 is 7.82 Å². The molecule has 226 valence electrons. The van der Waals surface area contributed by atoms with E-state index in [1.54, 1.807) is 0 Å². The normalized spacial score (nSPS) is 19.1. The van der Waals surface area contributed by atoms with Gasteiger partial charge in [-0.2, -0.15) is 0 Å². The second-order valence-corrected chi connectivity index (χ2v) is 14.2. The molecule has 7 heteroatoms. The van der Waals surface area contributed by atoms with Crippen LogP contribution in [0.2, 0.25) is 0 Å². The first kappa shape index (κ1) is 34.1. The van der Waals surface area contributed by atoms with Crippen molar-refractivity contribution in [1.29, 1.82) is 0 Å². The number of hydrogen-bond donors (Lipinski definition) is 2. The van der Waals surface area contributed by atoms with Gasteiger partial charge in [0.1, 0.15) is 17.1 Å². The smallest absolute Gasteiger partial charge is 0.469 e. The molecule has 0 fully saturated rings. The monoisotopic (exact) mass is 568 g/mol. The van der Waals surface area contributed by atoms with Gasteiger partial charge in [0.25, 0.3) is 0 Å². The van der Waals surface area contributed by atoms with E-state index in [9.17, 15) is 4.57 Å². The van der Waals surface area contributed by atoms with E-state index in [-0.39, 0.29) is 12.2 Å². The summed E-state index contributed by atoms with van der Waals surface area (Å²) in [6.45, 7) is 18.3. The lowest BCUT2D eigenvalue weighted by Crippen LogP contribution is -2.37. The van der Waals surface area contributed by atoms with Crippen LogP contribution in [0, 0.1) is 38.5 Å². The summed E-state index contributed by atoms with van der Waals surface area (Å²) >= 11 is 0. The van der Waals surface area contributed by atoms with Crippen molar-refractivity contribution in [3.05, 3.63) is 22.3 Å². The molecule has 6 nitrogen and oxygen atoms in total. The molecule has 1 aromatic carbocycles. The second-order valence-electron chi connectivity index (χ2n) is 12.9. The van der Waals surface area contributed by atoms with Crippen LogP contribution in [0.4, 0.5) is 0 Å². The highest BCUT2D eigenvalue weighted by Gasteiger charge is 2.34. The Morgan fingerprint density at radius 3 is 2.03 bits per heavy atom. The molecule has 3 atom stereocenters. The molecule has 2 rings (SSSR count). The minimum atomic E-state index is -4.43. The number of benzene rings is 1. The largest absolute Gasteiger partial charge is 0.493 e. The number of phosphoric ester groups is 1. The van der Waals surface area contributed by atoms with E-state index in [1.807, 2.05) is 0 Å². The number of ether oxygens (including phenoxy) is 2. The topological polar surface area (TPSA) is 85.2 Å². The predicted molar refractivity (Wildman–Crippen MR) is 161 cm³/mol. The summed E-state index contributed by atoms with van der Waals surface area (Å²) in [5.41, 5.74) is 4.40. The lowest BCUT2D eigenvalue weighted by molar-refractivity contribution is 0.0511. The lowest BCUT2D eigenvalue weighted by atomic mass is 9.83. The SMILES string of the molecule is Cc1c(C)c2c(c(C)c1OCCCOP(=O)(O)O)CC[C@@](C)(CCC[C@H](C)CCC[C@H](C)CCCC(C)C)O2. The Hall–Kier alpha value is -1.07. The van der Waals surface area contributed by atoms with Crippen molar-refractivity contribution >= 4 is 7.82 Å². The summed E-state index contributed by atoms with van der Waals surface area (Å²) in [6.07, 6.45) is 14.1. The van der Waals surface area contributed by atoms with Crippen LogP contribution in [0.3, 0.4) is 0 Å². The molecule has 0 aliphatic carbocycles. The predicted octanol–water partition coefficient (Wildman–Crippen LogP) is 9.01. The maximum Gasteiger partial charge on any atom is 0.469 e. The van der Waals surface area contributed by atoms with Crippen LogP contribution in [-0.4, -0.2) is 28.6 Å². The first-order valence-corrected chi connectivity index (χ1v) is 16.9. The highest BCUT2D eigenvalue weighted by atomic mass is 31.2. The molecule has 1 aliphatic heterocycles. The molecule has 39 heavy (non-hydrogen) atoms. The summed E-state index contributed by atoms with van der Waals surface area (Å²) in [7, 11) is -4.43. The Labute approximate surface area is 238 Å². The molecule has 0 saturated heterocycles. The Bertz CT molecular complexity index is 939. The van der Waals surface area contributed by atoms with Gasteiger partial charge in [-0.15, -0.1) is 0 Å². The molecule has 0 radical (unpaired) electrons. The Morgan fingerprint density at radius 1 is 0.846 bits per heavy atom. The first-order valence-electron chi connectivity index (χ1n) is 15.4. The number of phosphoric acid groups is 1. The van der Waals surface area contributed by atoms with Crippen LogP contribution in [-0.2, 0) is 15.5 Å². The van der Waals surface area contributed by atoms with Gasteiger partial charge in [0.05, 0.1) is 13.2 Å². The lowest BCUT2D eigenvalue weighted by Gasteiger charge is -2.38. The Morgan fingerprint density at radius 2 is 1.44 bits per heavy atom. The Balaban J connectivity index is 1.82. The van der Waals surface area contributed by atoms with Gasteiger partial charge in [0.15, 0.2) is 0 Å². The maximum atomic E-state index is 10.9. The quantitative estimate of drug-likeness (QED) is 0.136. The van der Waals surface area contributed by atoms with Gasteiger partial charge >= 0.3 is 7.82 Å². The fourth-order valence-corrected chi connectivity index (χ4v) is 6.26. The average Bonchev–Trinajstić information content (AvgIpc) is 2.83. The van der Waals surface area contributed by atoms with E-state index >= 15 is 0 Å². The van der Waals surface area contributed by atoms with Gasteiger partial charge in [-0.1, -0.05) is 72.6 Å². The molecular weight excluding hydrogens is 511 g/mol. The van der Waals surface area contributed by atoms with Gasteiger partial charge in [-0.25, -0.2) is 4.57 Å². The number of rotatable bonds is 18. The zero-order chi connectivity index (χ0) is 29.2. The number of fused-ring (bicyclic) bond motifs is 1. The van der Waals surface area contributed by atoms with E-state index in [4.69, 9.17) is 19.3 Å². The molecule has 0 unspecified atom stereocenters. The molecule has 1 heterocycles. The molecule has 0 saturated carbocycles. The van der Waals surface area contributed by atoms with E-state index in [0.717, 1.165) is 65.2 Å². The summed E-state index contributed by atoms with van der Waals surface area (Å²) in [5.74, 6) is 4.33. The van der Waals surface area contributed by atoms with E-state index in [0.29, 0.717) is 13.0 Å². The fourth-order valence-electron chi connectivity index (χ4n) is 5.89. The minimum absolute atomic E-state index is 0.0378. The number of hydrogen-bond acceptors (Lipinski definition) is 4. The second kappa shape index (κ2) is 15.8. The summed E-state index contributed by atoms with van der Waals surface area (Å²) < 4.78 is 28.2. The van der Waals surface area contributed by atoms with Crippen molar-refractivity contribution in [2.24, 2.45) is 17.8 Å². The molecular formula is C32H57O6P. The van der Waals surface area contributed by atoms with Gasteiger partial charge in [-0.3, -0.25) is 4.52 Å². The third-order valence-electron chi connectivity index (χ3n) is 8.63. The zero-order valence-electron chi connectivity index (χ0n) is 26.1. The van der Waals surface area contributed by atoms with Crippen molar-refractivity contribution < 1.29 is 28.3 Å². The van der Waals surface area contributed by atoms with Crippen molar-refractivity contribution in [2.45, 2.75) is 138 Å². The highest BCUT2D eigenvalue weighted by Crippen LogP contribution is 2.45. The van der Waals surface area contributed by atoms with Gasteiger partial charge in [0.2, 0.25) is 0 Å². The molecule has 0 spiro atoms. The standard InChI is InChI=1S/C32H57O6P/c1-23(2)13-9-14-24(3)15-10-16-25(4)17-11-19-32(8)20-18-29-28(7)30(26(5)27(6)31(29)38-32)36-21-12-22-37-39(33,34)35/h23-25H,9-22H2,1-8H3,(H2,33,34,35)/t24-,25-,32-/m1/s1. The van der Waals surface area contributed by atoms with Crippen LogP contribution in [0.1, 0.15) is 128 Å². The van der Waals surface area contributed by atoms with E-state index in [2.05, 4.69) is 59.9 Å². The van der Waals surface area contributed by atoms with Crippen molar-refractivity contribution in [1.82, 2.24) is 0 Å². The van der Waals surface area contributed by atoms with Crippen LogP contribution in [0.25, 0.3) is 0 Å². The van der Waals surface area contributed by atoms with Crippen LogP contribution in [0.15, 0.2) is 0 Å². The third kappa shape index (κ3) is 11.7. The van der Waals surface area contributed by atoms with E-state index in [1.165, 1.54) is 56.9 Å². The first-order chi connectivity index (χ1) is 18.2. The van der Waals surface area contributed by atoms with Gasteiger partial charge in [0, 0.05) is 12.0 Å². The molecule has 0 amide bonds. The van der Waals surface area contributed by atoms with Gasteiger partial charge in [-0.05, 0) is 87.8 Å². The molecule has 1 aromatic rings. The van der Waals surface area contributed by atoms with Crippen molar-refractivity contribution in [2.75, 3.05) is 13.2 Å². The van der Waals surface area contributed by atoms with Crippen molar-refractivity contribution in [3.63, 3.8) is 0 Å². The molecule has 0 aromatic heterocycles. The van der Waals surface area contributed by atoms with Crippen molar-refractivity contribution in [3.8, 4) is 11.5 Å². The van der Waals surface area contributed by atoms with Crippen LogP contribution < -0.4 is 9.47 Å². The highest BCUT2D eigenvalue weighted by molar-refractivity contribution is 7.46. The third-order valence-corrected chi connectivity index (χ3v) is 9.15. The zero-order valence-corrected chi connectivity index (χ0v) is 27.0. The van der Waals surface area contributed by atoms with Gasteiger partial charge < -0.3 is 19.3 Å². The van der Waals surface area contributed by atoms with Crippen LogP contribution in [0.5, 0.6) is 11.5 Å². The summed E-state index contributed by atoms with van der Waals surface area (Å²) in [4.78, 5) is 17.7. The summed E-state index contributed by atoms with van der Waals surface area (Å²) in [5, 5.41) is 0. The Kier molecular flexibility index (Phi) is 13.8. The molecule has 1 aliphatic rings. The minimum Gasteiger partial charge on any atom is -0.493 e. The summed E-state index contributed by atoms with van der Waals surface area (Å²) in [6, 6.07) is 0. The maximum absolute atomic E-state index is 10.9. The van der Waals surface area contributed by atoms with Crippen LogP contribution >= 0.6 is 7.82 Å². The molecule has 2 N–H and O–H groups in total. The molecule has 0 bridgehead atoms. The fraction of sp³-hybridized carbons (Fsp3) is 0.812. The average molecular weight is 569 g/mol.